The highest BCUT2D eigenvalue weighted by molar-refractivity contribution is 5.35. The van der Waals surface area contributed by atoms with E-state index in [-0.39, 0.29) is 12.2 Å². The van der Waals surface area contributed by atoms with Crippen molar-refractivity contribution in [1.29, 1.82) is 0 Å². The molecule has 0 radical (unpaired) electrons. The number of hydrogen-bond donors (Lipinski definition) is 1. The number of rotatable bonds is 5. The molecule has 2 nitrogen and oxygen atoms in total. The Hall–Kier alpha value is -1.66. The van der Waals surface area contributed by atoms with Crippen LogP contribution in [0, 0.1) is 35.5 Å². The van der Waals surface area contributed by atoms with E-state index in [0.29, 0.717) is 19.4 Å². The molecule has 0 atom stereocenters. The lowest BCUT2D eigenvalue weighted by Crippen LogP contribution is -2.20. The van der Waals surface area contributed by atoms with Gasteiger partial charge in [-0.1, -0.05) is 17.9 Å². The molecule has 0 spiro atoms. The summed E-state index contributed by atoms with van der Waals surface area (Å²) in [6.07, 6.45) is 3.08. The lowest BCUT2D eigenvalue weighted by atomic mass is 10.1. The van der Waals surface area contributed by atoms with Crippen molar-refractivity contribution in [2.45, 2.75) is 32.3 Å². The molecule has 0 bridgehead atoms. The third kappa shape index (κ3) is 10.6. The highest BCUT2D eigenvalue weighted by Crippen LogP contribution is 2.08. The fourth-order valence-corrected chi connectivity index (χ4v) is 0.698. The fraction of sp³-hybridized carbons (Fsp3) is 0.467. The van der Waals surface area contributed by atoms with Crippen LogP contribution in [0.1, 0.15) is 26.7 Å². The maximum atomic E-state index is 8.51. The molecular formula is C15H18O2. The van der Waals surface area contributed by atoms with Gasteiger partial charge in [-0.25, -0.2) is 0 Å². The van der Waals surface area contributed by atoms with Crippen molar-refractivity contribution >= 4 is 0 Å². The van der Waals surface area contributed by atoms with Gasteiger partial charge in [0.05, 0.1) is 5.60 Å². The Kier molecular flexibility index (Phi) is 8.62. The molecule has 1 N–H and O–H groups in total. The van der Waals surface area contributed by atoms with Crippen LogP contribution >= 0.6 is 0 Å². The molecule has 17 heavy (non-hydrogen) atoms. The second-order valence-corrected chi connectivity index (χ2v) is 3.78. The van der Waals surface area contributed by atoms with Crippen LogP contribution < -0.4 is 0 Å². The van der Waals surface area contributed by atoms with Crippen molar-refractivity contribution in [1.82, 2.24) is 0 Å². The number of hydrogen-bond acceptors (Lipinski definition) is 2. The van der Waals surface area contributed by atoms with Crippen molar-refractivity contribution in [3.8, 4) is 35.5 Å². The zero-order chi connectivity index (χ0) is 13.0. The maximum Gasteiger partial charge on any atom is 0.109 e. The Labute approximate surface area is 104 Å². The SMILES string of the molecule is C=CC(C)(C)OCC#CC#CC#CCCCO. The number of aliphatic hydroxyl groups is 1. The number of unbranched alkanes of at least 4 members (excludes halogenated alkanes) is 1. The number of ether oxygens (including phenoxy) is 1. The van der Waals surface area contributed by atoms with Crippen LogP contribution in [0.4, 0.5) is 0 Å². The molecule has 0 rings (SSSR count). The van der Waals surface area contributed by atoms with E-state index >= 15 is 0 Å². The molecule has 0 amide bonds. The maximum absolute atomic E-state index is 8.51. The second-order valence-electron chi connectivity index (χ2n) is 3.78. The van der Waals surface area contributed by atoms with Gasteiger partial charge in [0.15, 0.2) is 0 Å². The monoisotopic (exact) mass is 230 g/mol. The minimum Gasteiger partial charge on any atom is -0.396 e. The minimum atomic E-state index is -0.355. The quantitative estimate of drug-likeness (QED) is 0.443. The summed E-state index contributed by atoms with van der Waals surface area (Å²) in [5.41, 5.74) is -0.355. The smallest absolute Gasteiger partial charge is 0.109 e. The summed E-state index contributed by atoms with van der Waals surface area (Å²) in [6.45, 7) is 7.98. The summed E-state index contributed by atoms with van der Waals surface area (Å²) in [7, 11) is 0. The van der Waals surface area contributed by atoms with E-state index in [0.717, 1.165) is 0 Å². The molecule has 2 heteroatoms. The summed E-state index contributed by atoms with van der Waals surface area (Å²) < 4.78 is 5.42. The second kappa shape index (κ2) is 9.56. The minimum absolute atomic E-state index is 0.165. The topological polar surface area (TPSA) is 29.5 Å². The third-order valence-corrected chi connectivity index (χ3v) is 1.83. The summed E-state index contributed by atoms with van der Waals surface area (Å²) >= 11 is 0. The Morgan fingerprint density at radius 3 is 2.41 bits per heavy atom. The molecule has 0 aliphatic rings. The largest absolute Gasteiger partial charge is 0.396 e. The van der Waals surface area contributed by atoms with Crippen molar-refractivity contribution < 1.29 is 9.84 Å². The van der Waals surface area contributed by atoms with Gasteiger partial charge in [-0.2, -0.15) is 0 Å². The van der Waals surface area contributed by atoms with Crippen molar-refractivity contribution in [3.63, 3.8) is 0 Å². The van der Waals surface area contributed by atoms with Gasteiger partial charge < -0.3 is 9.84 Å². The molecule has 0 fully saturated rings. The van der Waals surface area contributed by atoms with Crippen molar-refractivity contribution in [2.75, 3.05) is 13.2 Å². The highest BCUT2D eigenvalue weighted by atomic mass is 16.5. The van der Waals surface area contributed by atoms with Crippen LogP contribution in [0.5, 0.6) is 0 Å². The predicted octanol–water partition coefficient (Wildman–Crippen LogP) is 1.75. The molecule has 0 unspecified atom stereocenters. The van der Waals surface area contributed by atoms with E-state index in [9.17, 15) is 0 Å². The molecule has 0 aromatic heterocycles. The molecule has 0 aromatic rings. The average Bonchev–Trinajstić information content (AvgIpc) is 2.31. The van der Waals surface area contributed by atoms with Crippen LogP contribution in [0.25, 0.3) is 0 Å². The molecule has 0 aliphatic carbocycles. The Morgan fingerprint density at radius 2 is 1.82 bits per heavy atom. The molecule has 0 heterocycles. The first kappa shape index (κ1) is 15.3. The van der Waals surface area contributed by atoms with Gasteiger partial charge in [-0.15, -0.1) is 6.58 Å². The van der Waals surface area contributed by atoms with Crippen LogP contribution in [-0.4, -0.2) is 23.9 Å². The van der Waals surface area contributed by atoms with Crippen LogP contribution in [-0.2, 0) is 4.74 Å². The molecule has 90 valence electrons. The first-order chi connectivity index (χ1) is 8.12. The van der Waals surface area contributed by atoms with Crippen LogP contribution in [0.2, 0.25) is 0 Å². The molecule has 0 saturated carbocycles. The first-order valence-corrected chi connectivity index (χ1v) is 5.46. The highest BCUT2D eigenvalue weighted by Gasteiger charge is 2.10. The molecule has 0 aliphatic heterocycles. The van der Waals surface area contributed by atoms with Gasteiger partial charge in [0.25, 0.3) is 0 Å². The van der Waals surface area contributed by atoms with E-state index in [1.165, 1.54) is 0 Å². The van der Waals surface area contributed by atoms with Gasteiger partial charge in [-0.3, -0.25) is 0 Å². The van der Waals surface area contributed by atoms with E-state index in [4.69, 9.17) is 9.84 Å². The van der Waals surface area contributed by atoms with Crippen molar-refractivity contribution in [2.24, 2.45) is 0 Å². The van der Waals surface area contributed by atoms with Gasteiger partial charge in [0, 0.05) is 13.0 Å². The van der Waals surface area contributed by atoms with E-state index in [1.807, 2.05) is 13.8 Å². The van der Waals surface area contributed by atoms with E-state index < -0.39 is 0 Å². The normalized spacial score (nSPS) is 8.88. The Balaban J connectivity index is 3.85. The summed E-state index contributed by atoms with van der Waals surface area (Å²) in [5.74, 6) is 16.1. The molecular weight excluding hydrogens is 212 g/mol. The third-order valence-electron chi connectivity index (χ3n) is 1.83. The molecule has 0 saturated heterocycles. The fourth-order valence-electron chi connectivity index (χ4n) is 0.698. The number of aliphatic hydroxyl groups excluding tert-OH is 1. The predicted molar refractivity (Wildman–Crippen MR) is 69.9 cm³/mol. The average molecular weight is 230 g/mol. The zero-order valence-corrected chi connectivity index (χ0v) is 10.5. The summed E-state index contributed by atoms with van der Waals surface area (Å²) in [6, 6.07) is 0. The summed E-state index contributed by atoms with van der Waals surface area (Å²) in [5, 5.41) is 8.51. The van der Waals surface area contributed by atoms with E-state index in [1.54, 1.807) is 6.08 Å². The van der Waals surface area contributed by atoms with Gasteiger partial charge in [-0.05, 0) is 44.0 Å². The Morgan fingerprint density at radius 1 is 1.18 bits per heavy atom. The van der Waals surface area contributed by atoms with Crippen LogP contribution in [0.3, 0.4) is 0 Å². The first-order valence-electron chi connectivity index (χ1n) is 5.46. The lowest BCUT2D eigenvalue weighted by Gasteiger charge is -2.18. The van der Waals surface area contributed by atoms with Gasteiger partial charge in [0.2, 0.25) is 0 Å². The van der Waals surface area contributed by atoms with Gasteiger partial charge in [0.1, 0.15) is 6.61 Å². The van der Waals surface area contributed by atoms with Crippen LogP contribution in [0.15, 0.2) is 12.7 Å². The van der Waals surface area contributed by atoms with E-state index in [2.05, 4.69) is 42.1 Å². The molecule has 0 aromatic carbocycles. The van der Waals surface area contributed by atoms with Crippen molar-refractivity contribution in [3.05, 3.63) is 12.7 Å². The lowest BCUT2D eigenvalue weighted by molar-refractivity contribution is 0.0427. The zero-order valence-electron chi connectivity index (χ0n) is 10.5. The standard InChI is InChI=1S/C15H18O2/c1-4-15(2,3)17-14-12-10-8-6-5-7-9-11-13-16/h4,16H,1,9,11,13-14H2,2-3H3. The Bertz CT molecular complexity index is 399. The summed E-state index contributed by atoms with van der Waals surface area (Å²) in [4.78, 5) is 0. The van der Waals surface area contributed by atoms with Gasteiger partial charge >= 0.3 is 0 Å².